The SMILES string of the molecule is Cc1ccc(S(=O)(=O)Oc2ccc(C(C(=O)OCc3ccccc3)C(CN)C(=O)OC(C)(C)C)cc2)cc1. The van der Waals surface area contributed by atoms with Crippen LogP contribution in [0.3, 0.4) is 0 Å². The van der Waals surface area contributed by atoms with E-state index in [1.165, 1.54) is 36.4 Å². The quantitative estimate of drug-likeness (QED) is 0.295. The highest BCUT2D eigenvalue weighted by atomic mass is 32.2. The van der Waals surface area contributed by atoms with Crippen molar-refractivity contribution < 1.29 is 31.7 Å². The van der Waals surface area contributed by atoms with Gasteiger partial charge in [0.15, 0.2) is 0 Å². The molecule has 3 aromatic rings. The number of esters is 2. The van der Waals surface area contributed by atoms with Gasteiger partial charge in [-0.25, -0.2) is 0 Å². The van der Waals surface area contributed by atoms with Crippen molar-refractivity contribution >= 4 is 22.1 Å². The maximum Gasteiger partial charge on any atom is 0.339 e. The number of hydrogen-bond donors (Lipinski definition) is 1. The van der Waals surface area contributed by atoms with Gasteiger partial charge in [0.05, 0.1) is 11.8 Å². The first-order valence-electron chi connectivity index (χ1n) is 12.1. The molecule has 0 aliphatic carbocycles. The minimum atomic E-state index is -4.06. The van der Waals surface area contributed by atoms with Gasteiger partial charge in [0.1, 0.15) is 22.9 Å². The van der Waals surface area contributed by atoms with E-state index in [4.69, 9.17) is 19.4 Å². The van der Waals surface area contributed by atoms with Crippen LogP contribution in [0.15, 0.2) is 83.8 Å². The van der Waals surface area contributed by atoms with Crippen LogP contribution in [0.5, 0.6) is 5.75 Å². The Labute approximate surface area is 223 Å². The van der Waals surface area contributed by atoms with Crippen molar-refractivity contribution in [3.05, 3.63) is 95.6 Å². The van der Waals surface area contributed by atoms with E-state index < -0.39 is 39.5 Å². The van der Waals surface area contributed by atoms with Gasteiger partial charge in [0, 0.05) is 6.54 Å². The highest BCUT2D eigenvalue weighted by molar-refractivity contribution is 7.87. The molecule has 9 heteroatoms. The third-order valence-electron chi connectivity index (χ3n) is 5.60. The van der Waals surface area contributed by atoms with Crippen LogP contribution < -0.4 is 9.92 Å². The maximum atomic E-state index is 13.3. The van der Waals surface area contributed by atoms with E-state index in [1.807, 2.05) is 37.3 Å². The van der Waals surface area contributed by atoms with Crippen molar-refractivity contribution in [2.24, 2.45) is 11.7 Å². The Balaban J connectivity index is 1.87. The Bertz CT molecular complexity index is 1330. The molecule has 38 heavy (non-hydrogen) atoms. The predicted molar refractivity (Wildman–Crippen MR) is 143 cm³/mol. The fraction of sp³-hybridized carbons (Fsp3) is 0.310. The molecule has 0 amide bonds. The number of carbonyl (C=O) groups is 2. The molecule has 0 aliphatic heterocycles. The molecule has 0 saturated heterocycles. The molecular formula is C29H33NO7S. The van der Waals surface area contributed by atoms with E-state index in [9.17, 15) is 18.0 Å². The van der Waals surface area contributed by atoms with Gasteiger partial charge in [-0.05, 0) is 63.1 Å². The van der Waals surface area contributed by atoms with Gasteiger partial charge in [-0.3, -0.25) is 9.59 Å². The molecule has 0 fully saturated rings. The maximum absolute atomic E-state index is 13.3. The van der Waals surface area contributed by atoms with Gasteiger partial charge in [-0.1, -0.05) is 60.2 Å². The van der Waals surface area contributed by atoms with Crippen molar-refractivity contribution in [3.8, 4) is 5.75 Å². The normalized spacial score (nSPS) is 13.3. The molecule has 2 N–H and O–H groups in total. The van der Waals surface area contributed by atoms with E-state index in [-0.39, 0.29) is 23.8 Å². The summed E-state index contributed by atoms with van der Waals surface area (Å²) in [7, 11) is -4.06. The summed E-state index contributed by atoms with van der Waals surface area (Å²) in [5.74, 6) is -3.35. The van der Waals surface area contributed by atoms with Crippen LogP contribution in [0.4, 0.5) is 0 Å². The lowest BCUT2D eigenvalue weighted by Gasteiger charge is -2.28. The lowest BCUT2D eigenvalue weighted by molar-refractivity contribution is -0.165. The summed E-state index contributed by atoms with van der Waals surface area (Å²) in [5.41, 5.74) is 7.27. The number of carbonyl (C=O) groups excluding carboxylic acids is 2. The summed E-state index contributed by atoms with van der Waals surface area (Å²) in [6.07, 6.45) is 0. The molecule has 3 rings (SSSR count). The molecular weight excluding hydrogens is 506 g/mol. The molecule has 3 aromatic carbocycles. The fourth-order valence-corrected chi connectivity index (χ4v) is 4.64. The van der Waals surface area contributed by atoms with Crippen molar-refractivity contribution in [1.29, 1.82) is 0 Å². The molecule has 0 heterocycles. The molecule has 2 atom stereocenters. The molecule has 0 bridgehead atoms. The minimum Gasteiger partial charge on any atom is -0.460 e. The average molecular weight is 540 g/mol. The summed E-state index contributed by atoms with van der Waals surface area (Å²) in [5, 5.41) is 0. The summed E-state index contributed by atoms with van der Waals surface area (Å²) >= 11 is 0. The van der Waals surface area contributed by atoms with Gasteiger partial charge in [-0.2, -0.15) is 8.42 Å². The van der Waals surface area contributed by atoms with Crippen molar-refractivity contribution in [3.63, 3.8) is 0 Å². The van der Waals surface area contributed by atoms with Crippen LogP contribution >= 0.6 is 0 Å². The zero-order chi connectivity index (χ0) is 27.9. The second kappa shape index (κ2) is 12.2. The van der Waals surface area contributed by atoms with E-state index in [2.05, 4.69) is 0 Å². The standard InChI is InChI=1S/C29H33NO7S/c1-20-10-16-24(17-11-20)38(33,34)37-23-14-12-22(13-15-23)26(25(18-30)27(31)36-29(2,3)4)28(32)35-19-21-8-6-5-7-9-21/h5-17,25-26H,18-19,30H2,1-4H3. The Morgan fingerprint density at radius 1 is 0.868 bits per heavy atom. The lowest BCUT2D eigenvalue weighted by atomic mass is 9.85. The lowest BCUT2D eigenvalue weighted by Crippen LogP contribution is -2.39. The second-order valence-electron chi connectivity index (χ2n) is 9.87. The second-order valence-corrected chi connectivity index (χ2v) is 11.4. The number of ether oxygens (including phenoxy) is 2. The molecule has 0 radical (unpaired) electrons. The summed E-state index contributed by atoms with van der Waals surface area (Å²) < 4.78 is 41.7. The van der Waals surface area contributed by atoms with Crippen molar-refractivity contribution in [1.82, 2.24) is 0 Å². The molecule has 2 unspecified atom stereocenters. The largest absolute Gasteiger partial charge is 0.460 e. The van der Waals surface area contributed by atoms with Crippen LogP contribution in [0, 0.1) is 12.8 Å². The Morgan fingerprint density at radius 2 is 1.47 bits per heavy atom. The molecule has 0 aromatic heterocycles. The van der Waals surface area contributed by atoms with Gasteiger partial charge in [0.25, 0.3) is 0 Å². The average Bonchev–Trinajstić information content (AvgIpc) is 2.86. The number of rotatable bonds is 10. The molecule has 8 nitrogen and oxygen atoms in total. The topological polar surface area (TPSA) is 122 Å². The summed E-state index contributed by atoms with van der Waals surface area (Å²) in [6.45, 7) is 6.87. The number of benzene rings is 3. The first-order valence-corrected chi connectivity index (χ1v) is 13.5. The first kappa shape index (κ1) is 28.9. The van der Waals surface area contributed by atoms with Crippen LogP contribution in [0.1, 0.15) is 43.4 Å². The number of hydrogen-bond acceptors (Lipinski definition) is 8. The smallest absolute Gasteiger partial charge is 0.339 e. The van der Waals surface area contributed by atoms with Crippen LogP contribution in [-0.4, -0.2) is 32.5 Å². The summed E-state index contributed by atoms with van der Waals surface area (Å²) in [6, 6.07) is 21.3. The number of nitrogens with two attached hydrogens (primary N) is 1. The van der Waals surface area contributed by atoms with Crippen LogP contribution in [0.2, 0.25) is 0 Å². The van der Waals surface area contributed by atoms with Crippen molar-refractivity contribution in [2.75, 3.05) is 6.54 Å². The number of aryl methyl sites for hydroxylation is 1. The Hall–Kier alpha value is -3.69. The molecule has 0 aliphatic rings. The van der Waals surface area contributed by atoms with Crippen LogP contribution in [-0.2, 0) is 35.8 Å². The van der Waals surface area contributed by atoms with E-state index in [1.54, 1.807) is 32.9 Å². The highest BCUT2D eigenvalue weighted by Gasteiger charge is 2.38. The molecule has 202 valence electrons. The first-order chi connectivity index (χ1) is 17.9. The predicted octanol–water partition coefficient (Wildman–Crippen LogP) is 4.51. The van der Waals surface area contributed by atoms with Crippen molar-refractivity contribution in [2.45, 2.75) is 50.7 Å². The Kier molecular flexibility index (Phi) is 9.30. The zero-order valence-corrected chi connectivity index (χ0v) is 22.7. The van der Waals surface area contributed by atoms with Crippen LogP contribution in [0.25, 0.3) is 0 Å². The van der Waals surface area contributed by atoms with E-state index >= 15 is 0 Å². The molecule has 0 spiro atoms. The third kappa shape index (κ3) is 7.90. The van der Waals surface area contributed by atoms with Gasteiger partial charge >= 0.3 is 22.1 Å². The zero-order valence-electron chi connectivity index (χ0n) is 21.9. The van der Waals surface area contributed by atoms with Gasteiger partial charge < -0.3 is 19.4 Å². The fourth-order valence-electron chi connectivity index (χ4n) is 3.71. The molecule has 0 saturated carbocycles. The summed E-state index contributed by atoms with van der Waals surface area (Å²) in [4.78, 5) is 26.3. The minimum absolute atomic E-state index is 0.0117. The van der Waals surface area contributed by atoms with Gasteiger partial charge in [0.2, 0.25) is 0 Å². The third-order valence-corrected chi connectivity index (χ3v) is 6.86. The Morgan fingerprint density at radius 3 is 2.03 bits per heavy atom. The van der Waals surface area contributed by atoms with Gasteiger partial charge in [-0.15, -0.1) is 0 Å². The van der Waals surface area contributed by atoms with E-state index in [0.29, 0.717) is 5.56 Å². The monoisotopic (exact) mass is 539 g/mol. The van der Waals surface area contributed by atoms with E-state index in [0.717, 1.165) is 11.1 Å². The highest BCUT2D eigenvalue weighted by Crippen LogP contribution is 2.31.